The first-order chi connectivity index (χ1) is 7.70. The van der Waals surface area contributed by atoms with Gasteiger partial charge in [0, 0.05) is 10.8 Å². The van der Waals surface area contributed by atoms with Crippen molar-refractivity contribution in [1.82, 2.24) is 5.32 Å². The van der Waals surface area contributed by atoms with Gasteiger partial charge in [0.1, 0.15) is 0 Å². The van der Waals surface area contributed by atoms with E-state index in [-0.39, 0.29) is 12.1 Å². The van der Waals surface area contributed by atoms with E-state index in [1.165, 1.54) is 44.3 Å². The average molecular weight is 245 g/mol. The van der Waals surface area contributed by atoms with Crippen molar-refractivity contribution in [2.45, 2.75) is 62.7 Å². The van der Waals surface area contributed by atoms with Crippen LogP contribution in [-0.2, 0) is 0 Å². The van der Waals surface area contributed by atoms with Gasteiger partial charge < -0.3 is 10.4 Å². The molecule has 2 N–H and O–H groups in total. The first-order valence-electron chi connectivity index (χ1n) is 6.61. The van der Waals surface area contributed by atoms with Crippen LogP contribution in [-0.4, -0.2) is 35.3 Å². The Morgan fingerprint density at radius 3 is 2.56 bits per heavy atom. The van der Waals surface area contributed by atoms with Crippen LogP contribution < -0.4 is 5.32 Å². The smallest absolute Gasteiger partial charge is 0.0610 e. The van der Waals surface area contributed by atoms with Gasteiger partial charge in [0.15, 0.2) is 0 Å². The second-order valence-electron chi connectivity index (χ2n) is 5.20. The van der Waals surface area contributed by atoms with Gasteiger partial charge in [-0.3, -0.25) is 0 Å². The molecule has 1 aliphatic rings. The van der Waals surface area contributed by atoms with E-state index >= 15 is 0 Å². The minimum absolute atomic E-state index is 0.0763. The second-order valence-corrected chi connectivity index (χ2v) is 6.61. The highest BCUT2D eigenvalue weighted by molar-refractivity contribution is 7.99. The minimum Gasteiger partial charge on any atom is -0.394 e. The number of hydrogen-bond acceptors (Lipinski definition) is 3. The van der Waals surface area contributed by atoms with Crippen molar-refractivity contribution in [3.8, 4) is 0 Å². The molecule has 1 rings (SSSR count). The fourth-order valence-electron chi connectivity index (χ4n) is 2.23. The topological polar surface area (TPSA) is 32.3 Å². The van der Waals surface area contributed by atoms with Gasteiger partial charge in [-0.15, -0.1) is 0 Å². The molecule has 1 saturated carbocycles. The number of hydrogen-bond donors (Lipinski definition) is 2. The summed E-state index contributed by atoms with van der Waals surface area (Å²) < 4.78 is 0. The normalized spacial score (nSPS) is 21.9. The van der Waals surface area contributed by atoms with E-state index in [1.807, 2.05) is 7.05 Å². The lowest BCUT2D eigenvalue weighted by Crippen LogP contribution is -2.43. The Morgan fingerprint density at radius 1 is 1.31 bits per heavy atom. The Labute approximate surface area is 105 Å². The summed E-state index contributed by atoms with van der Waals surface area (Å²) in [6, 6.07) is 0. The molecule has 0 aromatic carbocycles. The highest BCUT2D eigenvalue weighted by atomic mass is 32.2. The van der Waals surface area contributed by atoms with Crippen LogP contribution in [0.4, 0.5) is 0 Å². The van der Waals surface area contributed by atoms with Crippen molar-refractivity contribution >= 4 is 11.8 Å². The molecule has 96 valence electrons. The molecule has 0 aromatic heterocycles. The zero-order valence-electron chi connectivity index (χ0n) is 10.8. The zero-order chi connectivity index (χ0) is 11.9. The largest absolute Gasteiger partial charge is 0.394 e. The molecule has 1 fully saturated rings. The van der Waals surface area contributed by atoms with E-state index in [0.717, 1.165) is 11.7 Å². The highest BCUT2D eigenvalue weighted by Crippen LogP contribution is 2.29. The van der Waals surface area contributed by atoms with Gasteiger partial charge in [-0.05, 0) is 45.4 Å². The lowest BCUT2D eigenvalue weighted by molar-refractivity contribution is 0.173. The molecule has 0 aromatic rings. The van der Waals surface area contributed by atoms with Crippen LogP contribution in [0.15, 0.2) is 0 Å². The fourth-order valence-corrected chi connectivity index (χ4v) is 3.54. The molecule has 16 heavy (non-hydrogen) atoms. The molecule has 0 bridgehead atoms. The third-order valence-electron chi connectivity index (χ3n) is 3.73. The van der Waals surface area contributed by atoms with Gasteiger partial charge in [0.2, 0.25) is 0 Å². The molecule has 0 saturated heterocycles. The average Bonchev–Trinajstić information content (AvgIpc) is 2.36. The number of rotatable bonds is 7. The van der Waals surface area contributed by atoms with Gasteiger partial charge in [-0.1, -0.05) is 19.3 Å². The van der Waals surface area contributed by atoms with E-state index < -0.39 is 0 Å². The summed E-state index contributed by atoms with van der Waals surface area (Å²) in [6.07, 6.45) is 9.44. The van der Waals surface area contributed by atoms with Crippen LogP contribution >= 0.6 is 11.8 Å². The number of likely N-dealkylation sites (N-methyl/N-ethyl adjacent to an activating group) is 1. The van der Waals surface area contributed by atoms with Crippen LogP contribution in [0.1, 0.15) is 51.9 Å². The van der Waals surface area contributed by atoms with Crippen molar-refractivity contribution in [3.05, 3.63) is 0 Å². The molecule has 3 heteroatoms. The molecule has 0 spiro atoms. The van der Waals surface area contributed by atoms with Crippen LogP contribution in [0.25, 0.3) is 0 Å². The third kappa shape index (κ3) is 5.07. The summed E-state index contributed by atoms with van der Waals surface area (Å²) in [5.74, 6) is 1.25. The summed E-state index contributed by atoms with van der Waals surface area (Å²) in [4.78, 5) is 0. The van der Waals surface area contributed by atoms with Gasteiger partial charge >= 0.3 is 0 Å². The molecule has 0 radical (unpaired) electrons. The SMILES string of the molecule is CNC(C)(CO)CCCSC1CCCCC1. The number of aliphatic hydroxyl groups excluding tert-OH is 1. The Hall–Kier alpha value is 0.270. The molecular weight excluding hydrogens is 218 g/mol. The van der Waals surface area contributed by atoms with Crippen molar-refractivity contribution in [1.29, 1.82) is 0 Å². The first kappa shape index (κ1) is 14.3. The Balaban J connectivity index is 2.06. The lowest BCUT2D eigenvalue weighted by Gasteiger charge is -2.27. The Kier molecular flexibility index (Phi) is 6.78. The third-order valence-corrected chi connectivity index (χ3v) is 5.20. The van der Waals surface area contributed by atoms with E-state index in [9.17, 15) is 5.11 Å². The van der Waals surface area contributed by atoms with Gasteiger partial charge in [0.25, 0.3) is 0 Å². The first-order valence-corrected chi connectivity index (χ1v) is 7.66. The van der Waals surface area contributed by atoms with E-state index in [2.05, 4.69) is 24.0 Å². The standard InChI is InChI=1S/C13H27NOS/c1-13(11-15,14-2)9-6-10-16-12-7-4-3-5-8-12/h12,14-15H,3-11H2,1-2H3. The maximum Gasteiger partial charge on any atom is 0.0610 e. The van der Waals surface area contributed by atoms with Crippen LogP contribution in [0.5, 0.6) is 0 Å². The second kappa shape index (κ2) is 7.57. The minimum atomic E-state index is -0.0763. The molecule has 0 aliphatic heterocycles. The molecular formula is C13H27NOS. The predicted molar refractivity (Wildman–Crippen MR) is 73.1 cm³/mol. The molecule has 0 heterocycles. The van der Waals surface area contributed by atoms with Crippen LogP contribution in [0.2, 0.25) is 0 Å². The van der Waals surface area contributed by atoms with Crippen molar-refractivity contribution in [2.24, 2.45) is 0 Å². The van der Waals surface area contributed by atoms with Crippen molar-refractivity contribution in [2.75, 3.05) is 19.4 Å². The summed E-state index contributed by atoms with van der Waals surface area (Å²) in [5, 5.41) is 13.4. The Morgan fingerprint density at radius 2 is 2.00 bits per heavy atom. The fraction of sp³-hybridized carbons (Fsp3) is 1.00. The summed E-state index contributed by atoms with van der Waals surface area (Å²) in [6.45, 7) is 2.33. The van der Waals surface area contributed by atoms with E-state index in [1.54, 1.807) is 0 Å². The lowest BCUT2D eigenvalue weighted by atomic mass is 9.98. The van der Waals surface area contributed by atoms with Crippen LogP contribution in [0.3, 0.4) is 0 Å². The maximum absolute atomic E-state index is 9.26. The van der Waals surface area contributed by atoms with E-state index in [4.69, 9.17) is 0 Å². The van der Waals surface area contributed by atoms with Crippen molar-refractivity contribution in [3.63, 3.8) is 0 Å². The maximum atomic E-state index is 9.26. The predicted octanol–water partition coefficient (Wildman–Crippen LogP) is 2.80. The number of nitrogens with one attached hydrogen (secondary N) is 1. The summed E-state index contributed by atoms with van der Waals surface area (Å²) >= 11 is 2.15. The molecule has 0 amide bonds. The van der Waals surface area contributed by atoms with Gasteiger partial charge in [0.05, 0.1) is 6.61 Å². The Bertz CT molecular complexity index is 177. The quantitative estimate of drug-likeness (QED) is 0.677. The highest BCUT2D eigenvalue weighted by Gasteiger charge is 2.20. The summed E-state index contributed by atoms with van der Waals surface area (Å²) in [5.41, 5.74) is -0.0763. The molecule has 2 nitrogen and oxygen atoms in total. The zero-order valence-corrected chi connectivity index (χ0v) is 11.6. The molecule has 1 unspecified atom stereocenters. The van der Waals surface area contributed by atoms with Gasteiger partial charge in [-0.2, -0.15) is 11.8 Å². The monoisotopic (exact) mass is 245 g/mol. The number of thioether (sulfide) groups is 1. The van der Waals surface area contributed by atoms with E-state index in [0.29, 0.717) is 0 Å². The van der Waals surface area contributed by atoms with Gasteiger partial charge in [-0.25, -0.2) is 0 Å². The van der Waals surface area contributed by atoms with Crippen molar-refractivity contribution < 1.29 is 5.11 Å². The number of aliphatic hydroxyl groups is 1. The van der Waals surface area contributed by atoms with Crippen LogP contribution in [0, 0.1) is 0 Å². The molecule has 1 atom stereocenters. The summed E-state index contributed by atoms with van der Waals surface area (Å²) in [7, 11) is 1.94. The molecule has 1 aliphatic carbocycles.